The van der Waals surface area contributed by atoms with Gasteiger partial charge in [0.05, 0.1) is 23.8 Å². The molecule has 7 rings (SSSR count). The Labute approximate surface area is 272 Å². The number of urea groups is 1. The zero-order chi connectivity index (χ0) is 32.5. The van der Waals surface area contributed by atoms with Crippen molar-refractivity contribution in [1.29, 1.82) is 0 Å². The maximum atomic E-state index is 13.0. The lowest BCUT2D eigenvalue weighted by atomic mass is 10.2. The van der Waals surface area contributed by atoms with Crippen molar-refractivity contribution < 1.29 is 14.4 Å². The molecule has 6 heterocycles. The van der Waals surface area contributed by atoms with Crippen LogP contribution >= 0.6 is 0 Å². The van der Waals surface area contributed by atoms with Crippen molar-refractivity contribution in [3.63, 3.8) is 0 Å². The Morgan fingerprint density at radius 3 is 2.49 bits per heavy atom. The molecule has 14 nitrogen and oxygen atoms in total. The van der Waals surface area contributed by atoms with Gasteiger partial charge in [0.15, 0.2) is 0 Å². The molecular weight excluding hydrogens is 598 g/mol. The van der Waals surface area contributed by atoms with Crippen LogP contribution in [0.5, 0.6) is 0 Å². The average molecular weight is 638 g/mol. The Balaban J connectivity index is 0.976. The van der Waals surface area contributed by atoms with Crippen LogP contribution in [0.3, 0.4) is 0 Å². The Morgan fingerprint density at radius 2 is 1.77 bits per heavy atom. The summed E-state index contributed by atoms with van der Waals surface area (Å²) in [6.45, 7) is 4.52. The summed E-state index contributed by atoms with van der Waals surface area (Å²) in [5.74, 6) is 0.812. The first kappa shape index (κ1) is 30.5. The van der Waals surface area contributed by atoms with Crippen molar-refractivity contribution in [2.75, 3.05) is 61.9 Å². The van der Waals surface area contributed by atoms with Crippen LogP contribution in [0.2, 0.25) is 0 Å². The number of fused-ring (bicyclic) bond motifs is 1. The smallest absolute Gasteiger partial charge is 0.328 e. The van der Waals surface area contributed by atoms with Crippen molar-refractivity contribution >= 4 is 52.0 Å². The highest BCUT2D eigenvalue weighted by Crippen LogP contribution is 2.35. The summed E-state index contributed by atoms with van der Waals surface area (Å²) in [6.07, 6.45) is 11.8. The lowest BCUT2D eigenvalue weighted by molar-refractivity contribution is -0.120. The highest BCUT2D eigenvalue weighted by atomic mass is 16.2. The van der Waals surface area contributed by atoms with Gasteiger partial charge in [-0.1, -0.05) is 12.8 Å². The van der Waals surface area contributed by atoms with Crippen LogP contribution in [0, 0.1) is 0 Å². The van der Waals surface area contributed by atoms with Gasteiger partial charge in [0.2, 0.25) is 11.9 Å². The first-order chi connectivity index (χ1) is 22.8. The number of imide groups is 1. The van der Waals surface area contributed by atoms with E-state index in [4.69, 9.17) is 4.98 Å². The van der Waals surface area contributed by atoms with Crippen molar-refractivity contribution in [3.8, 4) is 0 Å². The molecule has 0 radical (unpaired) electrons. The van der Waals surface area contributed by atoms with Crippen molar-refractivity contribution in [2.24, 2.45) is 0 Å². The third-order valence-electron chi connectivity index (χ3n) is 9.17. The average Bonchev–Trinajstić information content (AvgIpc) is 3.73. The molecule has 3 aliphatic rings. The van der Waals surface area contributed by atoms with Gasteiger partial charge in [0, 0.05) is 83.6 Å². The molecule has 4 aromatic heterocycles. The number of hydrogen-bond donors (Lipinski definition) is 2. The van der Waals surface area contributed by atoms with E-state index in [0.29, 0.717) is 29.7 Å². The van der Waals surface area contributed by atoms with E-state index >= 15 is 0 Å². The first-order valence-electron chi connectivity index (χ1n) is 16.2. The molecule has 14 heteroatoms. The second-order valence-electron chi connectivity index (χ2n) is 12.6. The zero-order valence-corrected chi connectivity index (χ0v) is 26.7. The molecule has 1 aliphatic carbocycles. The number of carbonyl (C=O) groups excluding carboxylic acids is 3. The summed E-state index contributed by atoms with van der Waals surface area (Å²) >= 11 is 0. The van der Waals surface area contributed by atoms with Gasteiger partial charge < -0.3 is 19.7 Å². The fourth-order valence-electron chi connectivity index (χ4n) is 6.70. The number of piperazine rings is 1. The van der Waals surface area contributed by atoms with E-state index < -0.39 is 6.03 Å². The lowest BCUT2D eigenvalue weighted by Crippen LogP contribution is -2.49. The van der Waals surface area contributed by atoms with E-state index in [-0.39, 0.29) is 24.3 Å². The first-order valence-corrected chi connectivity index (χ1v) is 16.2. The van der Waals surface area contributed by atoms with Crippen LogP contribution in [-0.4, -0.2) is 99.0 Å². The summed E-state index contributed by atoms with van der Waals surface area (Å²) in [7, 11) is 3.55. The molecule has 0 aromatic carbocycles. The van der Waals surface area contributed by atoms with Crippen LogP contribution in [0.25, 0.3) is 11.0 Å². The maximum Gasteiger partial charge on any atom is 0.328 e. The molecular formula is C33H39N11O3. The predicted octanol–water partition coefficient (Wildman–Crippen LogP) is 3.55. The number of anilines is 4. The minimum atomic E-state index is -0.404. The third-order valence-corrected chi connectivity index (χ3v) is 9.17. The minimum absolute atomic E-state index is 0.0308. The fourth-order valence-corrected chi connectivity index (χ4v) is 6.70. The molecule has 4 amide bonds. The van der Waals surface area contributed by atoms with E-state index in [1.165, 1.54) is 0 Å². The molecule has 244 valence electrons. The molecule has 0 spiro atoms. The van der Waals surface area contributed by atoms with E-state index in [0.717, 1.165) is 80.7 Å². The molecule has 4 aromatic rings. The molecule has 2 saturated heterocycles. The normalized spacial score (nSPS) is 17.7. The van der Waals surface area contributed by atoms with Crippen LogP contribution in [0.1, 0.15) is 54.2 Å². The molecule has 1 saturated carbocycles. The number of pyridine rings is 2. The number of nitrogens with one attached hydrogen (secondary N) is 2. The summed E-state index contributed by atoms with van der Waals surface area (Å²) in [4.78, 5) is 63.0. The van der Waals surface area contributed by atoms with Gasteiger partial charge in [-0.2, -0.15) is 4.98 Å². The molecule has 3 fully saturated rings. The van der Waals surface area contributed by atoms with E-state index in [1.54, 1.807) is 36.3 Å². The minimum Gasteiger partial charge on any atom is -0.368 e. The Morgan fingerprint density at radius 1 is 0.957 bits per heavy atom. The second-order valence-corrected chi connectivity index (χ2v) is 12.6. The summed E-state index contributed by atoms with van der Waals surface area (Å²) in [6, 6.07) is 7.72. The molecule has 0 atom stereocenters. The van der Waals surface area contributed by atoms with Crippen LogP contribution in [0.4, 0.5) is 27.9 Å². The topological polar surface area (TPSA) is 145 Å². The molecule has 2 aliphatic heterocycles. The number of carbonyl (C=O) groups is 3. The van der Waals surface area contributed by atoms with Gasteiger partial charge >= 0.3 is 6.03 Å². The van der Waals surface area contributed by atoms with Gasteiger partial charge in [-0.05, 0) is 42.7 Å². The van der Waals surface area contributed by atoms with E-state index in [9.17, 15) is 14.4 Å². The van der Waals surface area contributed by atoms with Gasteiger partial charge in [0.25, 0.3) is 5.91 Å². The van der Waals surface area contributed by atoms with Gasteiger partial charge in [-0.25, -0.2) is 14.8 Å². The van der Waals surface area contributed by atoms with Crippen LogP contribution in [0.15, 0.2) is 49.1 Å². The number of nitrogens with zero attached hydrogens (tertiary/aromatic N) is 9. The number of rotatable bonds is 8. The molecule has 0 bridgehead atoms. The maximum absolute atomic E-state index is 13.0. The summed E-state index contributed by atoms with van der Waals surface area (Å²) in [5, 5.41) is 6.47. The Bertz CT molecular complexity index is 1790. The van der Waals surface area contributed by atoms with Gasteiger partial charge in [-0.3, -0.25) is 29.7 Å². The largest absolute Gasteiger partial charge is 0.368 e. The highest BCUT2D eigenvalue weighted by Gasteiger charge is 2.27. The number of amides is 4. The monoisotopic (exact) mass is 637 g/mol. The van der Waals surface area contributed by atoms with Gasteiger partial charge in [0.1, 0.15) is 17.2 Å². The zero-order valence-electron chi connectivity index (χ0n) is 26.7. The summed E-state index contributed by atoms with van der Waals surface area (Å²) < 4.78 is 2.11. The Hall–Kier alpha value is -5.11. The van der Waals surface area contributed by atoms with Gasteiger partial charge in [-0.15, -0.1) is 0 Å². The van der Waals surface area contributed by atoms with Crippen molar-refractivity contribution in [3.05, 3.63) is 60.3 Å². The Kier molecular flexibility index (Phi) is 8.41. The second kappa shape index (κ2) is 12.9. The highest BCUT2D eigenvalue weighted by molar-refractivity contribution is 6.05. The molecule has 47 heavy (non-hydrogen) atoms. The van der Waals surface area contributed by atoms with E-state index in [2.05, 4.69) is 46.0 Å². The lowest BCUT2D eigenvalue weighted by Gasteiger charge is -2.36. The SMILES string of the molecule is CN(C)C(=O)c1cc2cnc(Nc3ccc(N4CCN(Cc5cncc(N6CCC(=O)NC6=O)c5)CC4)cn3)nc2n1C1CCCC1. The number of hydrogen-bond acceptors (Lipinski definition) is 10. The fraction of sp³-hybridized carbons (Fsp3) is 0.424. The molecule has 0 unspecified atom stereocenters. The standard InChI is InChI=1S/C33H39N11O3/c1-40(2)31(46)27-16-23-18-36-32(39-30(23)44(27)24-5-3-4-6-24)37-28-8-7-25(20-35-28)42-13-11-41(12-14-42)21-22-15-26(19-34-17-22)43-10-9-29(45)38-33(43)47/h7-8,15-20,24H,3-6,9-14,21H2,1-2H3,(H,38,45,47)(H,35,36,37,39). The summed E-state index contributed by atoms with van der Waals surface area (Å²) in [5.41, 5.74) is 4.19. The van der Waals surface area contributed by atoms with E-state index in [1.807, 2.05) is 30.6 Å². The van der Waals surface area contributed by atoms with Crippen molar-refractivity contribution in [1.82, 2.24) is 39.6 Å². The number of aromatic nitrogens is 5. The van der Waals surface area contributed by atoms with Crippen LogP contribution in [-0.2, 0) is 11.3 Å². The third kappa shape index (κ3) is 6.45. The quantitative estimate of drug-likeness (QED) is 0.294. The van der Waals surface area contributed by atoms with Crippen molar-refractivity contribution in [2.45, 2.75) is 44.7 Å². The molecule has 2 N–H and O–H groups in total. The predicted molar refractivity (Wildman–Crippen MR) is 178 cm³/mol. The van der Waals surface area contributed by atoms with Crippen LogP contribution < -0.4 is 20.4 Å².